The molecule has 1 N–H and O–H groups in total. The molecule has 116 valence electrons. The topological polar surface area (TPSA) is 71.4 Å². The van der Waals surface area contributed by atoms with Gasteiger partial charge in [-0.2, -0.15) is 0 Å². The number of sulfone groups is 1. The summed E-state index contributed by atoms with van der Waals surface area (Å²) in [6.45, 7) is 2.11. The van der Waals surface area contributed by atoms with Gasteiger partial charge in [0.05, 0.1) is 10.1 Å². The van der Waals surface area contributed by atoms with E-state index in [2.05, 4.69) is 6.92 Å². The number of benzene rings is 1. The molecule has 1 aliphatic carbocycles. The van der Waals surface area contributed by atoms with Gasteiger partial charge in [-0.1, -0.05) is 31.9 Å². The van der Waals surface area contributed by atoms with E-state index in [1.54, 1.807) is 24.3 Å². The minimum Gasteiger partial charge on any atom is -0.481 e. The quantitative estimate of drug-likeness (QED) is 0.907. The van der Waals surface area contributed by atoms with E-state index in [0.717, 1.165) is 31.2 Å². The minimum absolute atomic E-state index is 0.0617. The van der Waals surface area contributed by atoms with E-state index in [-0.39, 0.29) is 11.7 Å². The molecule has 1 fully saturated rings. The summed E-state index contributed by atoms with van der Waals surface area (Å²) in [5, 5.41) is 8.39. The molecule has 0 aliphatic heterocycles. The van der Waals surface area contributed by atoms with Gasteiger partial charge in [0.15, 0.2) is 9.84 Å². The van der Waals surface area contributed by atoms with Gasteiger partial charge in [0, 0.05) is 6.42 Å². The summed E-state index contributed by atoms with van der Waals surface area (Å²) in [5.41, 5.74) is 0.855. The molecule has 0 bridgehead atoms. The highest BCUT2D eigenvalue weighted by molar-refractivity contribution is 7.92. The van der Waals surface area contributed by atoms with Crippen LogP contribution in [0, 0.1) is 5.92 Å². The molecule has 5 heteroatoms. The summed E-state index contributed by atoms with van der Waals surface area (Å²) < 4.78 is 25.2. The second kappa shape index (κ2) is 6.60. The lowest BCUT2D eigenvalue weighted by molar-refractivity contribution is -0.136. The zero-order valence-electron chi connectivity index (χ0n) is 12.3. The zero-order chi connectivity index (χ0) is 15.5. The first-order valence-electron chi connectivity index (χ1n) is 7.44. The number of aryl methyl sites for hydroxylation is 1. The number of hydrogen-bond donors (Lipinski definition) is 1. The predicted octanol–water partition coefficient (Wildman–Crippen LogP) is 3.06. The molecule has 0 aromatic heterocycles. The smallest absolute Gasteiger partial charge is 0.303 e. The van der Waals surface area contributed by atoms with E-state index in [4.69, 9.17) is 5.11 Å². The Labute approximate surface area is 126 Å². The maximum Gasteiger partial charge on any atom is 0.303 e. The van der Waals surface area contributed by atoms with Crippen molar-refractivity contribution < 1.29 is 18.3 Å². The standard InChI is InChI=1S/C16H22O4S/c1-12-3-2-4-15(11-12)21(19,20)14-8-5-13(6-9-14)7-10-16(17)18/h5-6,8-9,12,15H,2-4,7,10-11H2,1H3,(H,17,18). The van der Waals surface area contributed by atoms with Crippen LogP contribution >= 0.6 is 0 Å². The molecule has 2 unspecified atom stereocenters. The third kappa shape index (κ3) is 4.06. The van der Waals surface area contributed by atoms with Crippen LogP contribution in [0.1, 0.15) is 44.6 Å². The average Bonchev–Trinajstić information content (AvgIpc) is 2.45. The third-order valence-corrected chi connectivity index (χ3v) is 6.44. The first-order chi connectivity index (χ1) is 9.89. The Hall–Kier alpha value is -1.36. The number of rotatable bonds is 5. The monoisotopic (exact) mass is 310 g/mol. The Balaban J connectivity index is 2.11. The molecule has 0 heterocycles. The van der Waals surface area contributed by atoms with Crippen LogP contribution in [0.2, 0.25) is 0 Å². The van der Waals surface area contributed by atoms with Crippen molar-refractivity contribution in [2.24, 2.45) is 5.92 Å². The Bertz CT molecular complexity index is 589. The highest BCUT2D eigenvalue weighted by Gasteiger charge is 2.31. The van der Waals surface area contributed by atoms with Crippen molar-refractivity contribution in [3.05, 3.63) is 29.8 Å². The first kappa shape index (κ1) is 16.0. The molecule has 0 saturated heterocycles. The molecule has 1 aromatic carbocycles. The lowest BCUT2D eigenvalue weighted by atomic mass is 9.91. The molecule has 0 spiro atoms. The molecule has 4 nitrogen and oxygen atoms in total. The number of carboxylic acids is 1. The Morgan fingerprint density at radius 3 is 2.48 bits per heavy atom. The maximum absolute atomic E-state index is 12.6. The zero-order valence-corrected chi connectivity index (χ0v) is 13.1. The minimum atomic E-state index is -3.26. The fraction of sp³-hybridized carbons (Fsp3) is 0.562. The van der Waals surface area contributed by atoms with E-state index >= 15 is 0 Å². The predicted molar refractivity (Wildman–Crippen MR) is 81.0 cm³/mol. The van der Waals surface area contributed by atoms with Crippen molar-refractivity contribution in [2.45, 2.75) is 55.6 Å². The van der Waals surface area contributed by atoms with E-state index in [9.17, 15) is 13.2 Å². The van der Waals surface area contributed by atoms with Gasteiger partial charge in [0.25, 0.3) is 0 Å². The molecule has 1 aliphatic rings. The van der Waals surface area contributed by atoms with Gasteiger partial charge in [-0.05, 0) is 42.9 Å². The Morgan fingerprint density at radius 1 is 1.24 bits per heavy atom. The Morgan fingerprint density at radius 2 is 1.90 bits per heavy atom. The van der Waals surface area contributed by atoms with Crippen molar-refractivity contribution in [1.82, 2.24) is 0 Å². The second-order valence-corrected chi connectivity index (χ2v) is 8.20. The van der Waals surface area contributed by atoms with Gasteiger partial charge in [0.1, 0.15) is 0 Å². The SMILES string of the molecule is CC1CCCC(S(=O)(=O)c2ccc(CCC(=O)O)cc2)C1. The van der Waals surface area contributed by atoms with Crippen LogP contribution < -0.4 is 0 Å². The van der Waals surface area contributed by atoms with Gasteiger partial charge in [-0.15, -0.1) is 0 Å². The highest BCUT2D eigenvalue weighted by atomic mass is 32.2. The van der Waals surface area contributed by atoms with Crippen molar-refractivity contribution in [3.8, 4) is 0 Å². The Kier molecular flexibility index (Phi) is 5.04. The van der Waals surface area contributed by atoms with E-state index in [0.29, 0.717) is 17.2 Å². The van der Waals surface area contributed by atoms with Crippen LogP contribution in [0.25, 0.3) is 0 Å². The third-order valence-electron chi connectivity index (χ3n) is 4.21. The molecular formula is C16H22O4S. The van der Waals surface area contributed by atoms with Crippen molar-refractivity contribution >= 4 is 15.8 Å². The van der Waals surface area contributed by atoms with Crippen LogP contribution in [-0.4, -0.2) is 24.7 Å². The van der Waals surface area contributed by atoms with Gasteiger partial charge < -0.3 is 5.11 Å². The lowest BCUT2D eigenvalue weighted by Crippen LogP contribution is -2.27. The van der Waals surface area contributed by atoms with Gasteiger partial charge >= 0.3 is 5.97 Å². The van der Waals surface area contributed by atoms with Crippen LogP contribution in [0.5, 0.6) is 0 Å². The van der Waals surface area contributed by atoms with Crippen molar-refractivity contribution in [2.75, 3.05) is 0 Å². The largest absolute Gasteiger partial charge is 0.481 e. The summed E-state index contributed by atoms with van der Waals surface area (Å²) in [4.78, 5) is 10.9. The lowest BCUT2D eigenvalue weighted by Gasteiger charge is -2.26. The molecule has 0 radical (unpaired) electrons. The molecule has 21 heavy (non-hydrogen) atoms. The summed E-state index contributed by atoms with van der Waals surface area (Å²) in [6.07, 6.45) is 4.06. The normalized spacial score (nSPS) is 22.9. The van der Waals surface area contributed by atoms with Crippen LogP contribution in [-0.2, 0) is 21.1 Å². The molecule has 2 atom stereocenters. The fourth-order valence-electron chi connectivity index (χ4n) is 2.95. The molecule has 1 aromatic rings. The summed E-state index contributed by atoms with van der Waals surface area (Å²) in [7, 11) is -3.26. The summed E-state index contributed by atoms with van der Waals surface area (Å²) >= 11 is 0. The molecule has 0 amide bonds. The summed E-state index contributed by atoms with van der Waals surface area (Å²) in [6, 6.07) is 6.68. The van der Waals surface area contributed by atoms with Crippen molar-refractivity contribution in [1.29, 1.82) is 0 Å². The van der Waals surface area contributed by atoms with Crippen LogP contribution in [0.4, 0.5) is 0 Å². The van der Waals surface area contributed by atoms with Crippen LogP contribution in [0.3, 0.4) is 0 Å². The average molecular weight is 310 g/mol. The number of hydrogen-bond acceptors (Lipinski definition) is 3. The van der Waals surface area contributed by atoms with Crippen molar-refractivity contribution in [3.63, 3.8) is 0 Å². The second-order valence-electron chi connectivity index (χ2n) is 5.98. The van der Waals surface area contributed by atoms with Gasteiger partial charge in [0.2, 0.25) is 0 Å². The molecular weight excluding hydrogens is 288 g/mol. The summed E-state index contributed by atoms with van der Waals surface area (Å²) in [5.74, 6) is -0.378. The fourth-order valence-corrected chi connectivity index (χ4v) is 4.91. The van der Waals surface area contributed by atoms with E-state index < -0.39 is 15.8 Å². The van der Waals surface area contributed by atoms with Gasteiger partial charge in [-0.3, -0.25) is 4.79 Å². The number of carbonyl (C=O) groups is 1. The molecule has 2 rings (SSSR count). The number of carboxylic acid groups (broad SMARTS) is 1. The maximum atomic E-state index is 12.6. The highest BCUT2D eigenvalue weighted by Crippen LogP contribution is 2.31. The van der Waals surface area contributed by atoms with E-state index in [1.165, 1.54) is 0 Å². The molecule has 1 saturated carbocycles. The van der Waals surface area contributed by atoms with Gasteiger partial charge in [-0.25, -0.2) is 8.42 Å². The van der Waals surface area contributed by atoms with E-state index in [1.807, 2.05) is 0 Å². The van der Waals surface area contributed by atoms with Crippen LogP contribution in [0.15, 0.2) is 29.2 Å². The first-order valence-corrected chi connectivity index (χ1v) is 8.99. The number of aliphatic carboxylic acids is 1.